The summed E-state index contributed by atoms with van der Waals surface area (Å²) in [5, 5.41) is 19.8. The van der Waals surface area contributed by atoms with Gasteiger partial charge < -0.3 is 15.5 Å². The van der Waals surface area contributed by atoms with Crippen LogP contribution in [0.4, 0.5) is 5.69 Å². The molecule has 0 amide bonds. The normalized spacial score (nSPS) is 11.7. The molecule has 0 fully saturated rings. The van der Waals surface area contributed by atoms with Crippen LogP contribution in [0.2, 0.25) is 0 Å². The van der Waals surface area contributed by atoms with E-state index in [1.54, 1.807) is 12.1 Å². The van der Waals surface area contributed by atoms with Gasteiger partial charge in [0.1, 0.15) is 6.04 Å². The van der Waals surface area contributed by atoms with E-state index in [1.165, 1.54) is 12.4 Å². The maximum atomic E-state index is 10.7. The molecule has 6 heteroatoms. The maximum absolute atomic E-state index is 10.7. The molecule has 0 aromatic carbocycles. The monoisotopic (exact) mass is 210 g/mol. The van der Waals surface area contributed by atoms with Gasteiger partial charge in [0.2, 0.25) is 0 Å². The Kier molecular flexibility index (Phi) is 3.61. The number of nitrogens with one attached hydrogen (secondary N) is 1. The molecule has 15 heavy (non-hydrogen) atoms. The van der Waals surface area contributed by atoms with Gasteiger partial charge in [-0.15, -0.1) is 0 Å². The van der Waals surface area contributed by atoms with E-state index >= 15 is 0 Å². The number of rotatable bonds is 5. The van der Waals surface area contributed by atoms with Gasteiger partial charge in [-0.25, -0.2) is 4.79 Å². The van der Waals surface area contributed by atoms with Gasteiger partial charge in [-0.05, 0) is 12.1 Å². The van der Waals surface area contributed by atoms with Gasteiger partial charge in [-0.1, -0.05) is 0 Å². The number of anilines is 1. The number of hydrogen-bond acceptors (Lipinski definition) is 4. The van der Waals surface area contributed by atoms with Crippen LogP contribution in [0.3, 0.4) is 0 Å². The van der Waals surface area contributed by atoms with E-state index in [0.717, 1.165) is 0 Å². The highest BCUT2D eigenvalue weighted by atomic mass is 16.4. The molecule has 1 heterocycles. The Balaban J connectivity index is 2.67. The van der Waals surface area contributed by atoms with Crippen molar-refractivity contribution in [2.24, 2.45) is 0 Å². The lowest BCUT2D eigenvalue weighted by atomic mass is 10.2. The van der Waals surface area contributed by atoms with Crippen LogP contribution in [0.1, 0.15) is 6.42 Å². The molecule has 3 N–H and O–H groups in total. The molecular weight excluding hydrogens is 200 g/mol. The summed E-state index contributed by atoms with van der Waals surface area (Å²) < 4.78 is 0. The van der Waals surface area contributed by atoms with E-state index in [1.807, 2.05) is 0 Å². The molecule has 0 saturated carbocycles. The first-order valence-electron chi connectivity index (χ1n) is 4.21. The van der Waals surface area contributed by atoms with Crippen molar-refractivity contribution >= 4 is 17.6 Å². The van der Waals surface area contributed by atoms with E-state index in [0.29, 0.717) is 5.69 Å². The lowest BCUT2D eigenvalue weighted by Crippen LogP contribution is -2.31. The number of hydrogen-bond donors (Lipinski definition) is 3. The minimum atomic E-state index is -1.21. The second-order valence-electron chi connectivity index (χ2n) is 2.87. The highest BCUT2D eigenvalue weighted by Gasteiger charge is 2.20. The molecule has 0 aliphatic carbocycles. The van der Waals surface area contributed by atoms with Gasteiger partial charge in [0, 0.05) is 12.4 Å². The zero-order chi connectivity index (χ0) is 11.3. The van der Waals surface area contributed by atoms with Crippen LogP contribution in [-0.2, 0) is 9.59 Å². The molecule has 80 valence electrons. The highest BCUT2D eigenvalue weighted by Crippen LogP contribution is 2.07. The highest BCUT2D eigenvalue weighted by molar-refractivity contribution is 5.83. The number of pyridine rings is 1. The molecule has 6 nitrogen and oxygen atoms in total. The molecule has 0 aliphatic rings. The molecule has 0 spiro atoms. The van der Waals surface area contributed by atoms with E-state index in [9.17, 15) is 9.59 Å². The number of carboxylic acids is 2. The molecule has 0 aliphatic heterocycles. The molecule has 1 aromatic heterocycles. The molecular formula is C9H10N2O4. The second kappa shape index (κ2) is 4.94. The van der Waals surface area contributed by atoms with Gasteiger partial charge in [-0.2, -0.15) is 0 Å². The van der Waals surface area contributed by atoms with Crippen LogP contribution >= 0.6 is 0 Å². The molecule has 1 aromatic rings. The standard InChI is InChI=1S/C9H10N2O4/c12-8(13)4-7(9(14)15)11-6-2-1-3-10-5-6/h1-3,5,7,11H,4H2,(H,12,13)(H,14,15). The average molecular weight is 210 g/mol. The first-order valence-corrected chi connectivity index (χ1v) is 4.21. The predicted octanol–water partition coefficient (Wildman–Crippen LogP) is 0.421. The quantitative estimate of drug-likeness (QED) is 0.651. The number of carbonyl (C=O) groups is 2. The average Bonchev–Trinajstić information content (AvgIpc) is 2.17. The maximum Gasteiger partial charge on any atom is 0.326 e. The van der Waals surface area contributed by atoms with Crippen molar-refractivity contribution in [3.05, 3.63) is 24.5 Å². The fourth-order valence-corrected chi connectivity index (χ4v) is 1.02. The summed E-state index contributed by atoms with van der Waals surface area (Å²) in [5.41, 5.74) is 0.478. The number of nitrogens with zero attached hydrogens (tertiary/aromatic N) is 1. The van der Waals surface area contributed by atoms with Crippen molar-refractivity contribution in [1.82, 2.24) is 4.98 Å². The summed E-state index contributed by atoms with van der Waals surface area (Å²) in [7, 11) is 0. The SMILES string of the molecule is O=C(O)CC(Nc1cccnc1)C(=O)O. The summed E-state index contributed by atoms with van der Waals surface area (Å²) in [6.07, 6.45) is 2.49. The Morgan fingerprint density at radius 1 is 1.47 bits per heavy atom. The van der Waals surface area contributed by atoms with Crippen LogP contribution in [0.5, 0.6) is 0 Å². The fourth-order valence-electron chi connectivity index (χ4n) is 1.02. The Morgan fingerprint density at radius 2 is 2.20 bits per heavy atom. The number of aliphatic carboxylic acids is 2. The van der Waals surface area contributed by atoms with Crippen molar-refractivity contribution < 1.29 is 19.8 Å². The second-order valence-corrected chi connectivity index (χ2v) is 2.87. The lowest BCUT2D eigenvalue weighted by molar-refractivity contribution is -0.144. The third-order valence-electron chi connectivity index (χ3n) is 1.68. The van der Waals surface area contributed by atoms with Crippen LogP contribution < -0.4 is 5.32 Å². The fraction of sp³-hybridized carbons (Fsp3) is 0.222. The number of aromatic nitrogens is 1. The van der Waals surface area contributed by atoms with E-state index in [2.05, 4.69) is 10.3 Å². The molecule has 0 saturated heterocycles. The molecule has 1 atom stereocenters. The van der Waals surface area contributed by atoms with Crippen molar-refractivity contribution in [2.45, 2.75) is 12.5 Å². The van der Waals surface area contributed by atoms with Gasteiger partial charge in [0.25, 0.3) is 0 Å². The van der Waals surface area contributed by atoms with E-state index in [4.69, 9.17) is 10.2 Å². The van der Waals surface area contributed by atoms with Crippen LogP contribution in [0.15, 0.2) is 24.5 Å². The van der Waals surface area contributed by atoms with Gasteiger partial charge in [0.05, 0.1) is 12.1 Å². The first-order chi connectivity index (χ1) is 7.09. The van der Waals surface area contributed by atoms with Crippen molar-refractivity contribution in [3.63, 3.8) is 0 Å². The molecule has 1 unspecified atom stereocenters. The van der Waals surface area contributed by atoms with Crippen molar-refractivity contribution in [1.29, 1.82) is 0 Å². The first kappa shape index (κ1) is 11.0. The molecule has 0 bridgehead atoms. The van der Waals surface area contributed by atoms with Gasteiger partial charge in [-0.3, -0.25) is 9.78 Å². The Labute approximate surface area is 85.6 Å². The van der Waals surface area contributed by atoms with Gasteiger partial charge in [0.15, 0.2) is 0 Å². The van der Waals surface area contributed by atoms with E-state index in [-0.39, 0.29) is 0 Å². The summed E-state index contributed by atoms with van der Waals surface area (Å²) in [5.74, 6) is -2.37. The summed E-state index contributed by atoms with van der Waals surface area (Å²) in [6, 6.07) is 2.10. The predicted molar refractivity (Wildman–Crippen MR) is 51.5 cm³/mol. The van der Waals surface area contributed by atoms with Crippen LogP contribution in [0.25, 0.3) is 0 Å². The van der Waals surface area contributed by atoms with Crippen molar-refractivity contribution in [2.75, 3.05) is 5.32 Å². The summed E-state index contributed by atoms with van der Waals surface area (Å²) in [4.78, 5) is 24.9. The molecule has 1 rings (SSSR count). The minimum Gasteiger partial charge on any atom is -0.481 e. The lowest BCUT2D eigenvalue weighted by Gasteiger charge is -2.12. The third-order valence-corrected chi connectivity index (χ3v) is 1.68. The Morgan fingerprint density at radius 3 is 2.67 bits per heavy atom. The summed E-state index contributed by atoms with van der Waals surface area (Å²) in [6.45, 7) is 0. The smallest absolute Gasteiger partial charge is 0.326 e. The zero-order valence-corrected chi connectivity index (χ0v) is 7.75. The van der Waals surface area contributed by atoms with E-state index < -0.39 is 24.4 Å². The Hall–Kier alpha value is -2.11. The minimum absolute atomic E-state index is 0.478. The van der Waals surface area contributed by atoms with Gasteiger partial charge >= 0.3 is 11.9 Å². The Bertz CT molecular complexity index is 352. The molecule has 0 radical (unpaired) electrons. The van der Waals surface area contributed by atoms with Crippen LogP contribution in [0, 0.1) is 0 Å². The third kappa shape index (κ3) is 3.63. The topological polar surface area (TPSA) is 99.5 Å². The zero-order valence-electron chi connectivity index (χ0n) is 7.75. The summed E-state index contributed by atoms with van der Waals surface area (Å²) >= 11 is 0. The number of carboxylic acid groups (broad SMARTS) is 2. The largest absolute Gasteiger partial charge is 0.481 e. The van der Waals surface area contributed by atoms with Crippen LogP contribution in [-0.4, -0.2) is 33.2 Å². The van der Waals surface area contributed by atoms with Crippen molar-refractivity contribution in [3.8, 4) is 0 Å².